The molecule has 0 heterocycles. The van der Waals surface area contributed by atoms with E-state index in [-0.39, 0.29) is 12.5 Å². The zero-order valence-electron chi connectivity index (χ0n) is 8.63. The van der Waals surface area contributed by atoms with Gasteiger partial charge in [0.15, 0.2) is 0 Å². The van der Waals surface area contributed by atoms with Crippen LogP contribution in [0.3, 0.4) is 0 Å². The lowest BCUT2D eigenvalue weighted by molar-refractivity contribution is -0.139. The number of halogens is 1. The Morgan fingerprint density at radius 1 is 1.47 bits per heavy atom. The van der Waals surface area contributed by atoms with Gasteiger partial charge in [0, 0.05) is 5.02 Å². The lowest BCUT2D eigenvalue weighted by Gasteiger charge is -2.05. The molecule has 0 aliphatic rings. The van der Waals surface area contributed by atoms with Crippen molar-refractivity contribution in [2.24, 2.45) is 0 Å². The fraction of sp³-hybridized carbons (Fsp3) is 0.364. The highest BCUT2D eigenvalue weighted by Crippen LogP contribution is 2.14. The molecule has 0 atom stereocenters. The highest BCUT2D eigenvalue weighted by atomic mass is 35.5. The molecular formula is C11H14ClNO2. The number of rotatable bonds is 5. The van der Waals surface area contributed by atoms with Crippen molar-refractivity contribution < 1.29 is 9.53 Å². The first-order valence-corrected chi connectivity index (χ1v) is 5.13. The molecule has 1 aromatic rings. The van der Waals surface area contributed by atoms with E-state index in [2.05, 4.69) is 10.1 Å². The molecule has 82 valence electrons. The smallest absolute Gasteiger partial charge is 0.319 e. The van der Waals surface area contributed by atoms with Gasteiger partial charge < -0.3 is 10.1 Å². The van der Waals surface area contributed by atoms with Crippen LogP contribution in [0.15, 0.2) is 24.3 Å². The van der Waals surface area contributed by atoms with Crippen LogP contribution >= 0.6 is 11.6 Å². The Labute approximate surface area is 94.4 Å². The fourth-order valence-corrected chi connectivity index (χ4v) is 1.42. The monoisotopic (exact) mass is 227 g/mol. The Balaban J connectivity index is 2.26. The number of hydrogen-bond acceptors (Lipinski definition) is 3. The number of benzene rings is 1. The van der Waals surface area contributed by atoms with Crippen LogP contribution in [-0.2, 0) is 16.0 Å². The van der Waals surface area contributed by atoms with Gasteiger partial charge in [-0.2, -0.15) is 0 Å². The maximum atomic E-state index is 10.8. The third-order valence-corrected chi connectivity index (χ3v) is 2.39. The van der Waals surface area contributed by atoms with Crippen molar-refractivity contribution in [3.8, 4) is 0 Å². The summed E-state index contributed by atoms with van der Waals surface area (Å²) in [6.07, 6.45) is 0.802. The third kappa shape index (κ3) is 4.32. The van der Waals surface area contributed by atoms with Crippen molar-refractivity contribution in [3.63, 3.8) is 0 Å². The van der Waals surface area contributed by atoms with E-state index in [0.717, 1.165) is 17.0 Å². The van der Waals surface area contributed by atoms with Crippen LogP contribution in [0.4, 0.5) is 0 Å². The highest BCUT2D eigenvalue weighted by Gasteiger charge is 2.00. The minimum atomic E-state index is -0.255. The Morgan fingerprint density at radius 2 is 2.20 bits per heavy atom. The molecule has 0 unspecified atom stereocenters. The van der Waals surface area contributed by atoms with E-state index in [4.69, 9.17) is 11.6 Å². The van der Waals surface area contributed by atoms with E-state index < -0.39 is 0 Å². The molecule has 1 N–H and O–H groups in total. The normalized spacial score (nSPS) is 10.0. The number of methoxy groups -OCH3 is 1. The van der Waals surface area contributed by atoms with Crippen LogP contribution in [0, 0.1) is 0 Å². The average Bonchev–Trinajstić information content (AvgIpc) is 2.26. The van der Waals surface area contributed by atoms with Crippen molar-refractivity contribution >= 4 is 17.6 Å². The summed E-state index contributed by atoms with van der Waals surface area (Å²) in [5, 5.41) is 3.74. The van der Waals surface area contributed by atoms with E-state index in [1.165, 1.54) is 7.11 Å². The van der Waals surface area contributed by atoms with Crippen molar-refractivity contribution in [3.05, 3.63) is 34.9 Å². The van der Waals surface area contributed by atoms with Crippen molar-refractivity contribution in [1.29, 1.82) is 0 Å². The van der Waals surface area contributed by atoms with Crippen LogP contribution in [0.5, 0.6) is 0 Å². The summed E-state index contributed by atoms with van der Waals surface area (Å²) in [5.41, 5.74) is 1.08. The second-order valence-electron chi connectivity index (χ2n) is 3.09. The minimum absolute atomic E-state index is 0.237. The number of esters is 1. The van der Waals surface area contributed by atoms with Crippen molar-refractivity contribution in [2.45, 2.75) is 6.42 Å². The van der Waals surface area contributed by atoms with Gasteiger partial charge in [0.1, 0.15) is 0 Å². The van der Waals surface area contributed by atoms with E-state index in [9.17, 15) is 4.79 Å². The lowest BCUT2D eigenvalue weighted by Crippen LogP contribution is -2.25. The van der Waals surface area contributed by atoms with Crippen molar-refractivity contribution in [1.82, 2.24) is 5.32 Å². The predicted octanol–water partition coefficient (Wildman–Crippen LogP) is 1.65. The maximum Gasteiger partial charge on any atom is 0.319 e. The molecule has 1 rings (SSSR count). The Morgan fingerprint density at radius 3 is 2.87 bits per heavy atom. The first kappa shape index (κ1) is 12.0. The number of nitrogens with one attached hydrogen (secondary N) is 1. The summed E-state index contributed by atoms with van der Waals surface area (Å²) in [7, 11) is 1.37. The fourth-order valence-electron chi connectivity index (χ4n) is 1.19. The molecule has 15 heavy (non-hydrogen) atoms. The van der Waals surface area contributed by atoms with Crippen molar-refractivity contribution in [2.75, 3.05) is 20.2 Å². The predicted molar refractivity (Wildman–Crippen MR) is 60.0 cm³/mol. The first-order chi connectivity index (χ1) is 7.24. The summed E-state index contributed by atoms with van der Waals surface area (Å²) in [6, 6.07) is 7.68. The largest absolute Gasteiger partial charge is 0.468 e. The first-order valence-electron chi connectivity index (χ1n) is 4.75. The number of carbonyl (C=O) groups is 1. The van der Waals surface area contributed by atoms with Crippen LogP contribution in [0.2, 0.25) is 5.02 Å². The summed E-state index contributed by atoms with van der Waals surface area (Å²) in [4.78, 5) is 10.8. The average molecular weight is 228 g/mol. The van der Waals surface area contributed by atoms with Crippen LogP contribution in [-0.4, -0.2) is 26.2 Å². The standard InChI is InChI=1S/C11H14ClNO2/c1-15-11(14)8-13-7-6-9-4-2-3-5-10(9)12/h2-5,13H,6-8H2,1H3. The molecule has 0 aliphatic carbocycles. The van der Waals surface area contributed by atoms with Gasteiger partial charge in [0.2, 0.25) is 0 Å². The van der Waals surface area contributed by atoms with Gasteiger partial charge in [-0.05, 0) is 24.6 Å². The third-order valence-electron chi connectivity index (χ3n) is 2.03. The zero-order chi connectivity index (χ0) is 11.1. The number of ether oxygens (including phenoxy) is 1. The number of hydrogen-bond donors (Lipinski definition) is 1. The Bertz CT molecular complexity index is 328. The molecule has 3 nitrogen and oxygen atoms in total. The second-order valence-corrected chi connectivity index (χ2v) is 3.50. The van der Waals surface area contributed by atoms with Gasteiger partial charge >= 0.3 is 5.97 Å². The van der Waals surface area contributed by atoms with Gasteiger partial charge in [0.05, 0.1) is 13.7 Å². The van der Waals surface area contributed by atoms with Crippen LogP contribution in [0.1, 0.15) is 5.56 Å². The lowest BCUT2D eigenvalue weighted by atomic mass is 10.1. The van der Waals surface area contributed by atoms with E-state index in [0.29, 0.717) is 6.54 Å². The topological polar surface area (TPSA) is 38.3 Å². The molecule has 0 amide bonds. The van der Waals surface area contributed by atoms with E-state index >= 15 is 0 Å². The van der Waals surface area contributed by atoms with Gasteiger partial charge in [-0.3, -0.25) is 4.79 Å². The SMILES string of the molecule is COC(=O)CNCCc1ccccc1Cl. The molecule has 0 saturated heterocycles. The van der Waals surface area contributed by atoms with Gasteiger partial charge in [-0.1, -0.05) is 29.8 Å². The highest BCUT2D eigenvalue weighted by molar-refractivity contribution is 6.31. The molecule has 0 spiro atoms. The second kappa shape index (κ2) is 6.43. The van der Waals surface area contributed by atoms with Gasteiger partial charge in [-0.25, -0.2) is 0 Å². The number of carbonyl (C=O) groups excluding carboxylic acids is 1. The summed E-state index contributed by atoms with van der Waals surface area (Å²) in [6.45, 7) is 0.944. The van der Waals surface area contributed by atoms with E-state index in [1.807, 2.05) is 24.3 Å². The Kier molecular flexibility index (Phi) is 5.15. The quantitative estimate of drug-likeness (QED) is 0.614. The van der Waals surface area contributed by atoms with Crippen LogP contribution < -0.4 is 5.32 Å². The van der Waals surface area contributed by atoms with E-state index in [1.54, 1.807) is 0 Å². The molecule has 4 heteroatoms. The van der Waals surface area contributed by atoms with Gasteiger partial charge in [0.25, 0.3) is 0 Å². The maximum absolute atomic E-state index is 10.8. The zero-order valence-corrected chi connectivity index (χ0v) is 9.38. The Hall–Kier alpha value is -1.06. The van der Waals surface area contributed by atoms with Gasteiger partial charge in [-0.15, -0.1) is 0 Å². The molecule has 0 bridgehead atoms. The molecule has 0 aliphatic heterocycles. The molecule has 0 radical (unpaired) electrons. The molecular weight excluding hydrogens is 214 g/mol. The summed E-state index contributed by atoms with van der Waals surface area (Å²) in [5.74, 6) is -0.255. The molecule has 1 aromatic carbocycles. The molecule has 0 saturated carbocycles. The molecule has 0 fully saturated rings. The summed E-state index contributed by atoms with van der Waals surface area (Å²) >= 11 is 5.97. The summed E-state index contributed by atoms with van der Waals surface area (Å²) < 4.78 is 4.50. The molecule has 0 aromatic heterocycles. The minimum Gasteiger partial charge on any atom is -0.468 e. The van der Waals surface area contributed by atoms with Crippen LogP contribution in [0.25, 0.3) is 0 Å².